The SMILES string of the molecule is CC(N)c1cc(=O)n2[nH]c(C3CC3)cc2n1. The third-order valence-electron chi connectivity index (χ3n) is 2.97. The predicted octanol–water partition coefficient (Wildman–Crippen LogP) is 0.920. The van der Waals surface area contributed by atoms with Crippen LogP contribution in [0.1, 0.15) is 43.1 Å². The Morgan fingerprint density at radius 1 is 1.56 bits per heavy atom. The van der Waals surface area contributed by atoms with Crippen molar-refractivity contribution in [3.63, 3.8) is 0 Å². The van der Waals surface area contributed by atoms with Crippen molar-refractivity contribution in [3.8, 4) is 0 Å². The van der Waals surface area contributed by atoms with Gasteiger partial charge in [0.1, 0.15) is 0 Å². The summed E-state index contributed by atoms with van der Waals surface area (Å²) in [5.74, 6) is 0.583. The number of nitrogens with two attached hydrogens (primary N) is 1. The highest BCUT2D eigenvalue weighted by Crippen LogP contribution is 2.39. The van der Waals surface area contributed by atoms with Crippen LogP contribution >= 0.6 is 0 Å². The Morgan fingerprint density at radius 3 is 2.94 bits per heavy atom. The van der Waals surface area contributed by atoms with Crippen LogP contribution in [0, 0.1) is 0 Å². The number of hydrogen-bond donors (Lipinski definition) is 2. The maximum Gasteiger partial charge on any atom is 0.272 e. The number of rotatable bonds is 2. The lowest BCUT2D eigenvalue weighted by Crippen LogP contribution is -2.18. The number of aromatic amines is 1. The topological polar surface area (TPSA) is 76.2 Å². The van der Waals surface area contributed by atoms with Gasteiger partial charge in [-0.3, -0.25) is 9.89 Å². The van der Waals surface area contributed by atoms with Crippen molar-refractivity contribution < 1.29 is 0 Å². The summed E-state index contributed by atoms with van der Waals surface area (Å²) in [7, 11) is 0. The Morgan fingerprint density at radius 2 is 2.31 bits per heavy atom. The molecule has 5 heteroatoms. The molecule has 1 aliphatic carbocycles. The number of fused-ring (bicyclic) bond motifs is 1. The molecule has 3 rings (SSSR count). The third-order valence-corrected chi connectivity index (χ3v) is 2.97. The van der Waals surface area contributed by atoms with Crippen molar-refractivity contribution in [2.75, 3.05) is 0 Å². The van der Waals surface area contributed by atoms with Crippen LogP contribution in [-0.4, -0.2) is 14.6 Å². The maximum absolute atomic E-state index is 11.8. The van der Waals surface area contributed by atoms with E-state index in [-0.39, 0.29) is 11.6 Å². The second-order valence-electron chi connectivity index (χ2n) is 4.49. The lowest BCUT2D eigenvalue weighted by Gasteiger charge is -2.03. The second kappa shape index (κ2) is 3.18. The molecule has 1 unspecified atom stereocenters. The fourth-order valence-corrected chi connectivity index (χ4v) is 1.86. The molecule has 2 heterocycles. The first-order chi connectivity index (χ1) is 7.65. The molecule has 16 heavy (non-hydrogen) atoms. The molecule has 0 bridgehead atoms. The van der Waals surface area contributed by atoms with Gasteiger partial charge in [-0.05, 0) is 19.8 Å². The number of H-pyrrole nitrogens is 1. The van der Waals surface area contributed by atoms with E-state index < -0.39 is 0 Å². The molecule has 0 aliphatic heterocycles. The molecule has 0 radical (unpaired) electrons. The van der Waals surface area contributed by atoms with Crippen LogP contribution in [0.4, 0.5) is 0 Å². The van der Waals surface area contributed by atoms with Gasteiger partial charge in [-0.25, -0.2) is 9.50 Å². The van der Waals surface area contributed by atoms with Crippen LogP contribution in [0.5, 0.6) is 0 Å². The molecule has 2 aromatic rings. The molecule has 5 nitrogen and oxygen atoms in total. The zero-order valence-electron chi connectivity index (χ0n) is 9.10. The minimum absolute atomic E-state index is 0.0933. The van der Waals surface area contributed by atoms with Gasteiger partial charge in [-0.2, -0.15) is 0 Å². The minimum atomic E-state index is -0.211. The average Bonchev–Trinajstić information content (AvgIpc) is 2.98. The van der Waals surface area contributed by atoms with E-state index in [2.05, 4.69) is 10.1 Å². The summed E-state index contributed by atoms with van der Waals surface area (Å²) >= 11 is 0. The monoisotopic (exact) mass is 218 g/mol. The molecule has 0 amide bonds. The molecule has 3 N–H and O–H groups in total. The highest BCUT2D eigenvalue weighted by atomic mass is 16.1. The number of nitrogens with zero attached hydrogens (tertiary/aromatic N) is 2. The van der Waals surface area contributed by atoms with Gasteiger partial charge in [0.25, 0.3) is 5.56 Å². The van der Waals surface area contributed by atoms with E-state index in [0.717, 1.165) is 5.69 Å². The molecular weight excluding hydrogens is 204 g/mol. The van der Waals surface area contributed by atoms with Gasteiger partial charge in [-0.15, -0.1) is 0 Å². The maximum atomic E-state index is 11.8. The summed E-state index contributed by atoms with van der Waals surface area (Å²) in [4.78, 5) is 16.2. The molecular formula is C11H14N4O. The van der Waals surface area contributed by atoms with E-state index in [1.807, 2.05) is 13.0 Å². The van der Waals surface area contributed by atoms with Crippen LogP contribution in [0.15, 0.2) is 16.9 Å². The Kier molecular flexibility index (Phi) is 1.91. The van der Waals surface area contributed by atoms with Crippen molar-refractivity contribution in [3.05, 3.63) is 33.9 Å². The number of hydrogen-bond acceptors (Lipinski definition) is 3. The van der Waals surface area contributed by atoms with Crippen molar-refractivity contribution in [2.24, 2.45) is 5.73 Å². The molecule has 1 saturated carbocycles. The summed E-state index contributed by atoms with van der Waals surface area (Å²) in [5, 5.41) is 3.09. The number of nitrogens with one attached hydrogen (secondary N) is 1. The standard InChI is InChI=1S/C11H14N4O/c1-6(12)8-5-11(16)15-10(13-8)4-9(14-15)7-2-3-7/h4-7,14H,2-3,12H2,1H3. The second-order valence-corrected chi connectivity index (χ2v) is 4.49. The van der Waals surface area contributed by atoms with Gasteiger partial charge in [-0.1, -0.05) is 0 Å². The lowest BCUT2D eigenvalue weighted by atomic mass is 10.2. The summed E-state index contributed by atoms with van der Waals surface area (Å²) in [6.07, 6.45) is 2.39. The fraction of sp³-hybridized carbons (Fsp3) is 0.455. The van der Waals surface area contributed by atoms with Gasteiger partial charge in [0.15, 0.2) is 5.65 Å². The zero-order valence-corrected chi connectivity index (χ0v) is 9.10. The van der Waals surface area contributed by atoms with Crippen LogP contribution < -0.4 is 11.3 Å². The first-order valence-corrected chi connectivity index (χ1v) is 5.53. The molecule has 0 spiro atoms. The normalized spacial score (nSPS) is 17.9. The summed E-state index contributed by atoms with van der Waals surface area (Å²) < 4.78 is 1.49. The Bertz CT molecular complexity index is 592. The Balaban J connectivity index is 2.21. The molecule has 1 atom stereocenters. The quantitative estimate of drug-likeness (QED) is 0.787. The van der Waals surface area contributed by atoms with Crippen molar-refractivity contribution in [1.82, 2.24) is 14.6 Å². The Labute approximate surface area is 92.3 Å². The lowest BCUT2D eigenvalue weighted by molar-refractivity contribution is 0.761. The molecule has 1 fully saturated rings. The summed E-state index contributed by atoms with van der Waals surface area (Å²) in [6.45, 7) is 1.83. The average molecular weight is 218 g/mol. The molecule has 2 aromatic heterocycles. The van der Waals surface area contributed by atoms with Gasteiger partial charge in [0.2, 0.25) is 0 Å². The van der Waals surface area contributed by atoms with Crippen molar-refractivity contribution >= 4 is 5.65 Å². The summed E-state index contributed by atoms with van der Waals surface area (Å²) in [6, 6.07) is 3.23. The zero-order chi connectivity index (χ0) is 11.3. The summed E-state index contributed by atoms with van der Waals surface area (Å²) in [5.41, 5.74) is 8.05. The largest absolute Gasteiger partial charge is 0.323 e. The van der Waals surface area contributed by atoms with Crippen molar-refractivity contribution in [2.45, 2.75) is 31.7 Å². The predicted molar refractivity (Wildman–Crippen MR) is 60.4 cm³/mol. The molecule has 0 aromatic carbocycles. The van der Waals surface area contributed by atoms with E-state index in [4.69, 9.17) is 5.73 Å². The molecule has 0 saturated heterocycles. The van der Waals surface area contributed by atoms with Crippen molar-refractivity contribution in [1.29, 1.82) is 0 Å². The van der Waals surface area contributed by atoms with E-state index in [9.17, 15) is 4.79 Å². The molecule has 84 valence electrons. The Hall–Kier alpha value is -1.62. The fourth-order valence-electron chi connectivity index (χ4n) is 1.86. The smallest absolute Gasteiger partial charge is 0.272 e. The minimum Gasteiger partial charge on any atom is -0.323 e. The van der Waals surface area contributed by atoms with Gasteiger partial charge < -0.3 is 5.73 Å². The first kappa shape index (κ1) is 9.59. The molecule has 1 aliphatic rings. The van der Waals surface area contributed by atoms with Crippen LogP contribution in [0.25, 0.3) is 5.65 Å². The highest BCUT2D eigenvalue weighted by molar-refractivity contribution is 5.41. The van der Waals surface area contributed by atoms with Crippen LogP contribution in [-0.2, 0) is 0 Å². The van der Waals surface area contributed by atoms with Crippen LogP contribution in [0.2, 0.25) is 0 Å². The van der Waals surface area contributed by atoms with E-state index in [0.29, 0.717) is 17.3 Å². The van der Waals surface area contributed by atoms with Gasteiger partial charge in [0, 0.05) is 29.8 Å². The van der Waals surface area contributed by atoms with E-state index in [1.165, 1.54) is 23.4 Å². The van der Waals surface area contributed by atoms with E-state index in [1.54, 1.807) is 0 Å². The highest BCUT2D eigenvalue weighted by Gasteiger charge is 2.25. The third kappa shape index (κ3) is 1.44. The van der Waals surface area contributed by atoms with Crippen LogP contribution in [0.3, 0.4) is 0 Å². The van der Waals surface area contributed by atoms with Gasteiger partial charge >= 0.3 is 0 Å². The first-order valence-electron chi connectivity index (χ1n) is 5.53. The number of aromatic nitrogens is 3. The van der Waals surface area contributed by atoms with Gasteiger partial charge in [0.05, 0.1) is 5.69 Å². The van der Waals surface area contributed by atoms with E-state index >= 15 is 0 Å².